The molecule has 10 nitrogen and oxygen atoms in total. The van der Waals surface area contributed by atoms with Crippen LogP contribution >= 0.6 is 0 Å². The molecule has 4 atom stereocenters. The molecule has 2 aromatic carbocycles. The van der Waals surface area contributed by atoms with Gasteiger partial charge in [0.05, 0.1) is 32.0 Å². The summed E-state index contributed by atoms with van der Waals surface area (Å²) in [5.74, 6) is -1.36. The second-order valence-electron chi connectivity index (χ2n) is 10.6. The molecular formula is C30H38N2O8. The third-order valence-electron chi connectivity index (χ3n) is 7.65. The molecule has 10 heteroatoms. The number of aliphatic hydroxyl groups is 1. The van der Waals surface area contributed by atoms with Crippen LogP contribution in [0.1, 0.15) is 62.2 Å². The van der Waals surface area contributed by atoms with Crippen molar-refractivity contribution in [1.82, 2.24) is 4.90 Å². The van der Waals surface area contributed by atoms with E-state index in [2.05, 4.69) is 10.2 Å². The summed E-state index contributed by atoms with van der Waals surface area (Å²) in [5.41, 5.74) is 3.18. The molecule has 3 saturated heterocycles. The average Bonchev–Trinajstić information content (AvgIpc) is 3.42. The second-order valence-corrected chi connectivity index (χ2v) is 10.6. The van der Waals surface area contributed by atoms with Crippen molar-refractivity contribution >= 4 is 17.6 Å². The first kappa shape index (κ1) is 28.7. The van der Waals surface area contributed by atoms with E-state index in [1.165, 1.54) is 13.8 Å². The van der Waals surface area contributed by atoms with Gasteiger partial charge in [-0.25, -0.2) is 0 Å². The number of rotatable bonds is 8. The molecule has 2 N–H and O–H groups in total. The number of hydrogen-bond donors (Lipinski definition) is 2. The minimum absolute atomic E-state index is 0.0152. The molecule has 0 aromatic heterocycles. The molecule has 0 bridgehead atoms. The van der Waals surface area contributed by atoms with Crippen LogP contribution in [0.5, 0.6) is 0 Å². The Morgan fingerprint density at radius 3 is 2.48 bits per heavy atom. The highest BCUT2D eigenvalue weighted by Gasteiger charge is 2.41. The molecule has 5 rings (SSSR count). The lowest BCUT2D eigenvalue weighted by Gasteiger charge is -2.41. The Hall–Kier alpha value is -2.86. The fraction of sp³-hybridized carbons (Fsp3) is 0.533. The Kier molecular flexibility index (Phi) is 9.14. The van der Waals surface area contributed by atoms with Crippen LogP contribution in [0.2, 0.25) is 0 Å². The smallest absolute Gasteiger partial charge is 0.303 e. The zero-order chi connectivity index (χ0) is 28.1. The van der Waals surface area contributed by atoms with Crippen LogP contribution < -0.4 is 5.32 Å². The van der Waals surface area contributed by atoms with Gasteiger partial charge in [0, 0.05) is 57.1 Å². The second kappa shape index (κ2) is 12.8. The Balaban J connectivity index is 1.30. The number of hydrogen-bond acceptors (Lipinski definition) is 9. The number of anilines is 1. The van der Waals surface area contributed by atoms with Crippen molar-refractivity contribution in [2.45, 2.75) is 70.1 Å². The van der Waals surface area contributed by atoms with Crippen molar-refractivity contribution in [3.8, 4) is 0 Å². The molecule has 3 fully saturated rings. The van der Waals surface area contributed by atoms with E-state index in [1.807, 2.05) is 42.5 Å². The van der Waals surface area contributed by atoms with Gasteiger partial charge < -0.3 is 39.0 Å². The number of ether oxygens (including phenoxy) is 5. The van der Waals surface area contributed by atoms with Gasteiger partial charge in [0.1, 0.15) is 0 Å². The van der Waals surface area contributed by atoms with Crippen LogP contribution in [-0.4, -0.2) is 72.7 Å². The first-order valence-corrected chi connectivity index (χ1v) is 13.9. The van der Waals surface area contributed by atoms with E-state index in [9.17, 15) is 14.7 Å². The van der Waals surface area contributed by atoms with Crippen LogP contribution in [0, 0.1) is 0 Å². The fourth-order valence-corrected chi connectivity index (χ4v) is 5.49. The van der Waals surface area contributed by atoms with Gasteiger partial charge in [-0.1, -0.05) is 36.4 Å². The Bertz CT molecular complexity index is 1160. The third kappa shape index (κ3) is 7.06. The van der Waals surface area contributed by atoms with E-state index < -0.39 is 30.1 Å². The zero-order valence-electron chi connectivity index (χ0n) is 23.0. The Morgan fingerprint density at radius 2 is 1.80 bits per heavy atom. The molecule has 0 aliphatic carbocycles. The summed E-state index contributed by atoms with van der Waals surface area (Å²) in [7, 11) is 0. The predicted octanol–water partition coefficient (Wildman–Crippen LogP) is 3.45. The third-order valence-corrected chi connectivity index (χ3v) is 7.65. The number of amides is 1. The summed E-state index contributed by atoms with van der Waals surface area (Å²) < 4.78 is 29.7. The molecule has 4 unspecified atom stereocenters. The van der Waals surface area contributed by atoms with Crippen LogP contribution in [0.25, 0.3) is 0 Å². The zero-order valence-corrected chi connectivity index (χ0v) is 23.0. The molecular weight excluding hydrogens is 516 g/mol. The molecule has 2 aromatic rings. The molecule has 0 saturated carbocycles. The maximum Gasteiger partial charge on any atom is 0.303 e. The molecule has 216 valence electrons. The van der Waals surface area contributed by atoms with Crippen molar-refractivity contribution < 1.29 is 38.4 Å². The first-order chi connectivity index (χ1) is 19.3. The van der Waals surface area contributed by atoms with E-state index in [-0.39, 0.29) is 18.8 Å². The van der Waals surface area contributed by atoms with E-state index in [4.69, 9.17) is 23.7 Å². The molecule has 0 radical (unpaired) electrons. The molecule has 1 spiro atoms. The van der Waals surface area contributed by atoms with Crippen molar-refractivity contribution in [3.63, 3.8) is 0 Å². The van der Waals surface area contributed by atoms with Gasteiger partial charge in [-0.2, -0.15) is 0 Å². The highest BCUT2D eigenvalue weighted by molar-refractivity contribution is 5.95. The lowest BCUT2D eigenvalue weighted by Crippen LogP contribution is -2.48. The summed E-state index contributed by atoms with van der Waals surface area (Å²) in [6.07, 6.45) is 0.474. The minimum Gasteiger partial charge on any atom is -0.453 e. The van der Waals surface area contributed by atoms with Gasteiger partial charge in [0.15, 0.2) is 18.2 Å². The van der Waals surface area contributed by atoms with Crippen LogP contribution in [0.15, 0.2) is 48.5 Å². The van der Waals surface area contributed by atoms with Crippen molar-refractivity contribution in [2.24, 2.45) is 0 Å². The maximum absolute atomic E-state index is 12.5. The number of benzene rings is 2. The Morgan fingerprint density at radius 1 is 1.07 bits per heavy atom. The largest absolute Gasteiger partial charge is 0.453 e. The minimum atomic E-state index is -0.914. The highest BCUT2D eigenvalue weighted by atomic mass is 16.7. The number of nitrogens with one attached hydrogen (secondary N) is 1. The summed E-state index contributed by atoms with van der Waals surface area (Å²) in [5, 5.41) is 12.3. The fourth-order valence-electron chi connectivity index (χ4n) is 5.49. The maximum atomic E-state index is 12.5. The summed E-state index contributed by atoms with van der Waals surface area (Å²) in [6, 6.07) is 15.1. The number of piperidine rings is 1. The molecule has 3 aliphatic heterocycles. The quantitative estimate of drug-likeness (QED) is 0.474. The lowest BCUT2D eigenvalue weighted by molar-refractivity contribution is -0.255. The van der Waals surface area contributed by atoms with Gasteiger partial charge in [-0.15, -0.1) is 0 Å². The van der Waals surface area contributed by atoms with Gasteiger partial charge in [0.2, 0.25) is 0 Å². The van der Waals surface area contributed by atoms with E-state index >= 15 is 0 Å². The van der Waals surface area contributed by atoms with Crippen molar-refractivity contribution in [1.29, 1.82) is 0 Å². The standard InChI is InChI=1S/C30H38N2O8/c1-20(38-21(2)34)28(35)31-25-5-3-4-24(16-25)29-39-26(17-27(40-29)23-8-6-22(19-33)7-9-23)18-32-12-10-30(11-13-32)36-14-15-37-30/h3-9,16,20,26-27,29,33H,10-15,17-19H2,1-2H3,(H,31,35). The SMILES string of the molecule is CC(=O)OC(C)C(=O)Nc1cccc(C2OC(CN3CCC4(CC3)OCCO4)CC(c3ccc(CO)cc3)O2)c1. The lowest BCUT2D eigenvalue weighted by atomic mass is 9.98. The van der Waals surface area contributed by atoms with Crippen molar-refractivity contribution in [3.05, 3.63) is 65.2 Å². The van der Waals surface area contributed by atoms with E-state index in [0.29, 0.717) is 25.3 Å². The molecule has 3 aliphatic rings. The molecule has 40 heavy (non-hydrogen) atoms. The monoisotopic (exact) mass is 554 g/mol. The number of likely N-dealkylation sites (tertiary alicyclic amines) is 1. The van der Waals surface area contributed by atoms with Gasteiger partial charge >= 0.3 is 5.97 Å². The van der Waals surface area contributed by atoms with Gasteiger partial charge in [-0.05, 0) is 30.2 Å². The number of esters is 1. The predicted molar refractivity (Wildman–Crippen MR) is 145 cm³/mol. The summed E-state index contributed by atoms with van der Waals surface area (Å²) in [4.78, 5) is 26.1. The number of nitrogens with zero attached hydrogens (tertiary/aromatic N) is 1. The van der Waals surface area contributed by atoms with Crippen molar-refractivity contribution in [2.75, 3.05) is 38.2 Å². The van der Waals surface area contributed by atoms with Gasteiger partial charge in [0.25, 0.3) is 5.91 Å². The summed E-state index contributed by atoms with van der Waals surface area (Å²) >= 11 is 0. The van der Waals surface area contributed by atoms with E-state index in [0.717, 1.165) is 49.2 Å². The normalized spacial score (nSPS) is 25.4. The number of carbonyl (C=O) groups is 2. The van der Waals surface area contributed by atoms with Crippen LogP contribution in [0.3, 0.4) is 0 Å². The highest BCUT2D eigenvalue weighted by Crippen LogP contribution is 2.39. The first-order valence-electron chi connectivity index (χ1n) is 13.9. The van der Waals surface area contributed by atoms with Gasteiger partial charge in [-0.3, -0.25) is 9.59 Å². The van der Waals surface area contributed by atoms with E-state index in [1.54, 1.807) is 6.07 Å². The van der Waals surface area contributed by atoms with Crippen LogP contribution in [0.4, 0.5) is 5.69 Å². The molecule has 3 heterocycles. The Labute approximate surface area is 234 Å². The number of carbonyl (C=O) groups excluding carboxylic acids is 2. The number of aliphatic hydroxyl groups excluding tert-OH is 1. The van der Waals surface area contributed by atoms with Crippen LogP contribution in [-0.2, 0) is 39.9 Å². The summed E-state index contributed by atoms with van der Waals surface area (Å²) in [6.45, 7) is 6.57. The average molecular weight is 555 g/mol. The molecule has 1 amide bonds. The topological polar surface area (TPSA) is 116 Å².